The normalized spacial score (nSPS) is 10.6. The van der Waals surface area contributed by atoms with E-state index in [4.69, 9.17) is 9.68 Å². The van der Waals surface area contributed by atoms with E-state index in [1.54, 1.807) is 29.4 Å². The number of amides is 1. The van der Waals surface area contributed by atoms with Crippen LogP contribution in [0.3, 0.4) is 0 Å². The number of furan rings is 1. The van der Waals surface area contributed by atoms with Crippen LogP contribution in [-0.2, 0) is 17.8 Å². The first-order valence-corrected chi connectivity index (χ1v) is 8.87. The minimum atomic E-state index is 0.0141. The highest BCUT2D eigenvalue weighted by Gasteiger charge is 2.17. The van der Waals surface area contributed by atoms with Crippen LogP contribution in [0, 0.1) is 25.2 Å². The van der Waals surface area contributed by atoms with Crippen LogP contribution in [0.2, 0.25) is 0 Å². The molecule has 1 heterocycles. The highest BCUT2D eigenvalue weighted by atomic mass is 16.3. The van der Waals surface area contributed by atoms with Gasteiger partial charge in [-0.3, -0.25) is 4.79 Å². The summed E-state index contributed by atoms with van der Waals surface area (Å²) in [5, 5.41) is 9.90. The predicted molar refractivity (Wildman–Crippen MR) is 106 cm³/mol. The van der Waals surface area contributed by atoms with Gasteiger partial charge in [-0.05, 0) is 54.8 Å². The zero-order chi connectivity index (χ0) is 19.4. The first-order valence-electron chi connectivity index (χ1n) is 8.87. The third-order valence-electron chi connectivity index (χ3n) is 4.77. The Kier molecular flexibility index (Phi) is 5.42. The smallest absolute Gasteiger partial charge is 0.227 e. The van der Waals surface area contributed by atoms with Crippen molar-refractivity contribution in [3.8, 4) is 6.07 Å². The summed E-state index contributed by atoms with van der Waals surface area (Å²) in [5.41, 5.74) is 5.64. The van der Waals surface area contributed by atoms with Gasteiger partial charge in [-0.15, -0.1) is 6.58 Å². The maximum atomic E-state index is 12.9. The molecule has 0 aliphatic heterocycles. The summed E-state index contributed by atoms with van der Waals surface area (Å²) in [7, 11) is 0. The van der Waals surface area contributed by atoms with Crippen molar-refractivity contribution >= 4 is 16.9 Å². The number of nitrogens with zero attached hydrogens (tertiary/aromatic N) is 2. The Morgan fingerprint density at radius 3 is 2.59 bits per heavy atom. The number of hydrogen-bond acceptors (Lipinski definition) is 3. The van der Waals surface area contributed by atoms with Crippen molar-refractivity contribution in [2.45, 2.75) is 26.8 Å². The summed E-state index contributed by atoms with van der Waals surface area (Å²) in [4.78, 5) is 14.7. The molecule has 0 aliphatic carbocycles. The van der Waals surface area contributed by atoms with Gasteiger partial charge >= 0.3 is 0 Å². The Labute approximate surface area is 159 Å². The highest BCUT2D eigenvalue weighted by molar-refractivity contribution is 5.88. The number of nitriles is 1. The third kappa shape index (κ3) is 4.09. The number of carbonyl (C=O) groups excluding carboxylic acids is 1. The Morgan fingerprint density at radius 2 is 1.93 bits per heavy atom. The number of fused-ring (bicyclic) bond motifs is 1. The number of benzene rings is 2. The lowest BCUT2D eigenvalue weighted by molar-refractivity contribution is -0.130. The van der Waals surface area contributed by atoms with Gasteiger partial charge in [0.25, 0.3) is 0 Å². The molecule has 0 bridgehead atoms. The molecular formula is C23H22N2O2. The molecule has 0 atom stereocenters. The molecule has 0 saturated heterocycles. The van der Waals surface area contributed by atoms with Gasteiger partial charge in [-0.1, -0.05) is 18.2 Å². The zero-order valence-corrected chi connectivity index (χ0v) is 15.7. The second-order valence-electron chi connectivity index (χ2n) is 6.74. The fraction of sp³-hybridized carbons (Fsp3) is 0.217. The van der Waals surface area contributed by atoms with Crippen LogP contribution in [0.4, 0.5) is 0 Å². The van der Waals surface area contributed by atoms with E-state index >= 15 is 0 Å². The van der Waals surface area contributed by atoms with Crippen molar-refractivity contribution in [2.24, 2.45) is 0 Å². The molecule has 136 valence electrons. The van der Waals surface area contributed by atoms with Crippen molar-refractivity contribution in [1.29, 1.82) is 5.26 Å². The highest BCUT2D eigenvalue weighted by Crippen LogP contribution is 2.25. The van der Waals surface area contributed by atoms with E-state index in [2.05, 4.69) is 25.6 Å². The van der Waals surface area contributed by atoms with Gasteiger partial charge in [-0.2, -0.15) is 5.26 Å². The largest absolute Gasteiger partial charge is 0.464 e. The lowest BCUT2D eigenvalue weighted by Crippen LogP contribution is -2.31. The molecular weight excluding hydrogens is 336 g/mol. The summed E-state index contributed by atoms with van der Waals surface area (Å²) < 4.78 is 5.65. The first-order chi connectivity index (χ1) is 13.0. The zero-order valence-electron chi connectivity index (χ0n) is 15.7. The summed E-state index contributed by atoms with van der Waals surface area (Å²) in [6.45, 7) is 8.81. The van der Waals surface area contributed by atoms with Gasteiger partial charge in [-0.25, -0.2) is 0 Å². The van der Waals surface area contributed by atoms with E-state index in [1.807, 2.05) is 25.1 Å². The number of hydrogen-bond donors (Lipinski definition) is 0. The fourth-order valence-electron chi connectivity index (χ4n) is 3.06. The molecule has 4 heteroatoms. The van der Waals surface area contributed by atoms with Gasteiger partial charge in [0.05, 0.1) is 24.3 Å². The molecule has 2 aromatic carbocycles. The van der Waals surface area contributed by atoms with Gasteiger partial charge in [0, 0.05) is 24.0 Å². The Balaban J connectivity index is 1.80. The topological polar surface area (TPSA) is 57.2 Å². The third-order valence-corrected chi connectivity index (χ3v) is 4.77. The molecule has 0 spiro atoms. The van der Waals surface area contributed by atoms with Crippen LogP contribution >= 0.6 is 0 Å². The second-order valence-corrected chi connectivity index (χ2v) is 6.74. The van der Waals surface area contributed by atoms with E-state index in [0.29, 0.717) is 18.7 Å². The van der Waals surface area contributed by atoms with E-state index in [0.717, 1.165) is 22.1 Å². The SMILES string of the molecule is C=CCN(Cc1ccc(C#N)cc1)C(=O)Cc1coc2cc(C)c(C)cc12. The Hall–Kier alpha value is -3.32. The molecule has 0 radical (unpaired) electrons. The van der Waals surface area contributed by atoms with Crippen LogP contribution in [0.1, 0.15) is 27.8 Å². The second kappa shape index (κ2) is 7.92. The molecule has 4 nitrogen and oxygen atoms in total. The van der Waals surface area contributed by atoms with Crippen LogP contribution in [0.5, 0.6) is 0 Å². The maximum absolute atomic E-state index is 12.9. The summed E-state index contributed by atoms with van der Waals surface area (Å²) in [6.07, 6.45) is 3.68. The van der Waals surface area contributed by atoms with Crippen molar-refractivity contribution in [3.05, 3.63) is 83.1 Å². The van der Waals surface area contributed by atoms with E-state index in [9.17, 15) is 4.79 Å². The Bertz CT molecular complexity index is 1020. The molecule has 3 aromatic rings. The summed E-state index contributed by atoms with van der Waals surface area (Å²) >= 11 is 0. The van der Waals surface area contributed by atoms with Crippen molar-refractivity contribution in [3.63, 3.8) is 0 Å². The molecule has 0 N–H and O–H groups in total. The van der Waals surface area contributed by atoms with Crippen LogP contribution in [0.25, 0.3) is 11.0 Å². The van der Waals surface area contributed by atoms with E-state index in [-0.39, 0.29) is 12.3 Å². The molecule has 3 rings (SSSR count). The minimum absolute atomic E-state index is 0.0141. The summed E-state index contributed by atoms with van der Waals surface area (Å²) in [6, 6.07) is 13.5. The summed E-state index contributed by atoms with van der Waals surface area (Å²) in [5.74, 6) is 0.0141. The van der Waals surface area contributed by atoms with Crippen LogP contribution in [0.15, 0.2) is 59.7 Å². The van der Waals surface area contributed by atoms with Crippen LogP contribution < -0.4 is 0 Å². The lowest BCUT2D eigenvalue weighted by atomic mass is 10.0. The number of rotatable bonds is 6. The van der Waals surface area contributed by atoms with Crippen molar-refractivity contribution < 1.29 is 9.21 Å². The fourth-order valence-corrected chi connectivity index (χ4v) is 3.06. The number of carbonyl (C=O) groups is 1. The van der Waals surface area contributed by atoms with Gasteiger partial charge in [0.15, 0.2) is 0 Å². The van der Waals surface area contributed by atoms with E-state index < -0.39 is 0 Å². The van der Waals surface area contributed by atoms with Crippen molar-refractivity contribution in [2.75, 3.05) is 6.54 Å². The number of aryl methyl sites for hydroxylation is 2. The van der Waals surface area contributed by atoms with Gasteiger partial charge < -0.3 is 9.32 Å². The van der Waals surface area contributed by atoms with E-state index in [1.165, 1.54) is 11.1 Å². The molecule has 0 unspecified atom stereocenters. The predicted octanol–water partition coefficient (Wildman–Crippen LogP) is 4.68. The maximum Gasteiger partial charge on any atom is 0.227 e. The van der Waals surface area contributed by atoms with Gasteiger partial charge in [0.2, 0.25) is 5.91 Å². The monoisotopic (exact) mass is 358 g/mol. The average Bonchev–Trinajstić information content (AvgIpc) is 3.04. The van der Waals surface area contributed by atoms with Crippen molar-refractivity contribution in [1.82, 2.24) is 4.90 Å². The molecule has 1 aromatic heterocycles. The first kappa shape index (κ1) is 18.5. The molecule has 0 saturated carbocycles. The minimum Gasteiger partial charge on any atom is -0.464 e. The quantitative estimate of drug-likeness (QED) is 0.601. The molecule has 1 amide bonds. The average molecular weight is 358 g/mol. The molecule has 0 aliphatic rings. The van der Waals surface area contributed by atoms with Gasteiger partial charge in [0.1, 0.15) is 5.58 Å². The Morgan fingerprint density at radius 1 is 1.22 bits per heavy atom. The van der Waals surface area contributed by atoms with Crippen LogP contribution in [-0.4, -0.2) is 17.4 Å². The standard InChI is InChI=1S/C23H22N2O2/c1-4-9-25(14-19-7-5-18(13-24)6-8-19)23(26)12-20-15-27-22-11-17(3)16(2)10-21(20)22/h4-8,10-11,15H,1,9,12,14H2,2-3H3. The molecule has 0 fully saturated rings. The lowest BCUT2D eigenvalue weighted by Gasteiger charge is -2.21. The molecule has 27 heavy (non-hydrogen) atoms.